The highest BCUT2D eigenvalue weighted by atomic mass is 31.2. The fourth-order valence-corrected chi connectivity index (χ4v) is 7.55. The molecule has 5 atom stereocenters. The van der Waals surface area contributed by atoms with Crippen LogP contribution in [0.15, 0.2) is 0 Å². The van der Waals surface area contributed by atoms with Crippen molar-refractivity contribution in [1.29, 1.82) is 0 Å². The first kappa shape index (κ1) is 60.2. The molecule has 0 radical (unpaired) electrons. The van der Waals surface area contributed by atoms with E-state index in [4.69, 9.17) is 39.8 Å². The molecule has 0 aliphatic heterocycles. The highest BCUT2D eigenvalue weighted by molar-refractivity contribution is 7.47. The van der Waals surface area contributed by atoms with E-state index in [-0.39, 0.29) is 50.7 Å². The van der Waals surface area contributed by atoms with Gasteiger partial charge in [-0.25, -0.2) is 4.57 Å². The number of ether oxygens (including phenoxy) is 3. The summed E-state index contributed by atoms with van der Waals surface area (Å²) < 4.78 is 39.6. The van der Waals surface area contributed by atoms with Crippen molar-refractivity contribution in [3.8, 4) is 0 Å². The Bertz CT molecular complexity index is 1300. The molecule has 0 aliphatic carbocycles. The number of carbonyl (C=O) groups is 6. The Labute approximate surface area is 378 Å². The molecule has 0 aliphatic rings. The SMILES string of the molecule is CCCCCCCCCCCCCC(=O)OC[C@H](COP(=O)(O)OCC(COC(=O)[C@@H](N)CCC(=O)O)CC(=O)[C@@H](N)CCC(C)=O)OC(=O)CCCCCCCCCCCCC. The molecule has 0 aromatic carbocycles. The maximum Gasteiger partial charge on any atom is 0.472 e. The van der Waals surface area contributed by atoms with Gasteiger partial charge in [-0.2, -0.15) is 0 Å². The van der Waals surface area contributed by atoms with Gasteiger partial charge in [0.2, 0.25) is 0 Å². The predicted molar refractivity (Wildman–Crippen MR) is 242 cm³/mol. The topological polar surface area (TPSA) is 258 Å². The van der Waals surface area contributed by atoms with Crippen LogP contribution in [-0.2, 0) is 56.6 Å². The first-order chi connectivity index (χ1) is 30.1. The molecule has 0 heterocycles. The lowest BCUT2D eigenvalue weighted by molar-refractivity contribution is -0.161. The van der Waals surface area contributed by atoms with E-state index < -0.39 is 88.0 Å². The highest BCUT2D eigenvalue weighted by Crippen LogP contribution is 2.44. The monoisotopic (exact) mass is 921 g/mol. The van der Waals surface area contributed by atoms with Gasteiger partial charge in [0.05, 0.1) is 25.9 Å². The van der Waals surface area contributed by atoms with E-state index in [1.165, 1.54) is 90.4 Å². The second kappa shape index (κ2) is 39.6. The molecule has 6 N–H and O–H groups in total. The molecule has 63 heavy (non-hydrogen) atoms. The van der Waals surface area contributed by atoms with Gasteiger partial charge in [-0.15, -0.1) is 0 Å². The number of hydrogen-bond donors (Lipinski definition) is 4. The number of nitrogens with two attached hydrogens (primary N) is 2. The number of hydrogen-bond acceptors (Lipinski definition) is 14. The van der Waals surface area contributed by atoms with Gasteiger partial charge in [0.1, 0.15) is 24.2 Å². The Hall–Kier alpha value is -2.75. The van der Waals surface area contributed by atoms with Crippen LogP contribution < -0.4 is 11.5 Å². The summed E-state index contributed by atoms with van der Waals surface area (Å²) in [6.45, 7) is 3.57. The fraction of sp³-hybridized carbons (Fsp3) is 0.870. The van der Waals surface area contributed by atoms with E-state index in [0.717, 1.165) is 44.9 Å². The molecular weight excluding hydrogens is 835 g/mol. The molecular formula is C46H85N2O14P. The van der Waals surface area contributed by atoms with Gasteiger partial charge in [0, 0.05) is 38.0 Å². The molecule has 0 aromatic rings. The molecule has 16 nitrogen and oxygen atoms in total. The summed E-state index contributed by atoms with van der Waals surface area (Å²) in [5.41, 5.74) is 11.7. The molecule has 0 bridgehead atoms. The van der Waals surface area contributed by atoms with E-state index in [1.807, 2.05) is 0 Å². The molecule has 0 spiro atoms. The van der Waals surface area contributed by atoms with Gasteiger partial charge in [-0.05, 0) is 32.6 Å². The van der Waals surface area contributed by atoms with Crippen molar-refractivity contribution in [2.45, 2.75) is 225 Å². The third-order valence-electron chi connectivity index (χ3n) is 10.7. The van der Waals surface area contributed by atoms with Crippen molar-refractivity contribution in [1.82, 2.24) is 0 Å². The van der Waals surface area contributed by atoms with Crippen molar-refractivity contribution in [2.24, 2.45) is 17.4 Å². The Balaban J connectivity index is 5.33. The Morgan fingerprint density at radius 3 is 1.46 bits per heavy atom. The maximum absolute atomic E-state index is 13.1. The van der Waals surface area contributed by atoms with Crippen LogP contribution >= 0.6 is 7.82 Å². The summed E-state index contributed by atoms with van der Waals surface area (Å²) in [7, 11) is -4.91. The summed E-state index contributed by atoms with van der Waals surface area (Å²) in [4.78, 5) is 83.7. The maximum atomic E-state index is 13.1. The molecule has 368 valence electrons. The summed E-state index contributed by atoms with van der Waals surface area (Å²) in [5, 5.41) is 8.89. The Kier molecular flexibility index (Phi) is 37.9. The van der Waals surface area contributed by atoms with Crippen LogP contribution in [0.3, 0.4) is 0 Å². The number of aliphatic carboxylic acids is 1. The zero-order valence-electron chi connectivity index (χ0n) is 39.0. The van der Waals surface area contributed by atoms with Crippen molar-refractivity contribution < 1.29 is 66.6 Å². The zero-order chi connectivity index (χ0) is 47.1. The number of carboxylic acids is 1. The van der Waals surface area contributed by atoms with Gasteiger partial charge < -0.3 is 40.5 Å². The molecule has 0 saturated heterocycles. The van der Waals surface area contributed by atoms with Crippen LogP contribution in [0.4, 0.5) is 0 Å². The summed E-state index contributed by atoms with van der Waals surface area (Å²) >= 11 is 0. The standard InChI is InChI=1S/C46H85N2O14P/c1-4-6-8-10-12-14-16-18-20-22-24-26-44(53)58-35-39(62-45(54)27-25-23-21-19-17-15-13-11-9-7-5-2)36-61-63(56,57)60-34-38(32-42(50)40(47)29-28-37(3)49)33-59-46(55)41(48)30-31-43(51)52/h38-41H,4-36,47-48H2,1-3H3,(H,51,52)(H,56,57)/t38?,39-,40+,41+/m1/s1. The van der Waals surface area contributed by atoms with E-state index >= 15 is 0 Å². The highest BCUT2D eigenvalue weighted by Gasteiger charge is 2.30. The average molecular weight is 921 g/mol. The molecule has 17 heteroatoms. The number of phosphoric ester groups is 1. The number of ketones is 2. The molecule has 0 fully saturated rings. The van der Waals surface area contributed by atoms with Crippen LogP contribution in [0.2, 0.25) is 0 Å². The van der Waals surface area contributed by atoms with Gasteiger partial charge in [-0.1, -0.05) is 142 Å². The van der Waals surface area contributed by atoms with Crippen LogP contribution in [0, 0.1) is 5.92 Å². The summed E-state index contributed by atoms with van der Waals surface area (Å²) in [5.74, 6) is -4.88. The van der Waals surface area contributed by atoms with E-state index in [1.54, 1.807) is 0 Å². The second-order valence-corrected chi connectivity index (χ2v) is 18.4. The van der Waals surface area contributed by atoms with Crippen molar-refractivity contribution in [3.05, 3.63) is 0 Å². The fourth-order valence-electron chi connectivity index (χ4n) is 6.73. The number of carboxylic acid groups (broad SMARTS) is 1. The smallest absolute Gasteiger partial charge is 0.472 e. The Morgan fingerprint density at radius 2 is 0.984 bits per heavy atom. The zero-order valence-corrected chi connectivity index (χ0v) is 39.9. The van der Waals surface area contributed by atoms with Gasteiger partial charge >= 0.3 is 31.7 Å². The normalized spacial score (nSPS) is 14.3. The van der Waals surface area contributed by atoms with Crippen molar-refractivity contribution in [3.63, 3.8) is 0 Å². The van der Waals surface area contributed by atoms with Crippen molar-refractivity contribution in [2.75, 3.05) is 26.4 Å². The largest absolute Gasteiger partial charge is 0.481 e. The predicted octanol–water partition coefficient (Wildman–Crippen LogP) is 8.98. The van der Waals surface area contributed by atoms with Crippen LogP contribution in [0.1, 0.15) is 207 Å². The van der Waals surface area contributed by atoms with Gasteiger partial charge in [0.15, 0.2) is 6.10 Å². The van der Waals surface area contributed by atoms with Gasteiger partial charge in [-0.3, -0.25) is 33.0 Å². The minimum atomic E-state index is -4.91. The number of phosphoric acid groups is 1. The number of esters is 3. The summed E-state index contributed by atoms with van der Waals surface area (Å²) in [6.07, 6.45) is 22.8. The van der Waals surface area contributed by atoms with E-state index in [0.29, 0.717) is 12.8 Å². The van der Waals surface area contributed by atoms with Gasteiger partial charge in [0.25, 0.3) is 0 Å². The molecule has 0 saturated carbocycles. The number of rotatable bonds is 45. The van der Waals surface area contributed by atoms with Crippen LogP contribution in [0.25, 0.3) is 0 Å². The minimum absolute atomic E-state index is 0.0564. The average Bonchev–Trinajstić information content (AvgIpc) is 3.24. The first-order valence-electron chi connectivity index (χ1n) is 24.0. The Morgan fingerprint density at radius 1 is 0.540 bits per heavy atom. The molecule has 0 amide bonds. The molecule has 0 rings (SSSR count). The number of carbonyl (C=O) groups excluding carboxylic acids is 5. The lowest BCUT2D eigenvalue weighted by Gasteiger charge is -2.22. The van der Waals surface area contributed by atoms with Crippen LogP contribution in [0.5, 0.6) is 0 Å². The third-order valence-corrected chi connectivity index (χ3v) is 11.7. The third kappa shape index (κ3) is 38.3. The first-order valence-corrected chi connectivity index (χ1v) is 25.5. The lowest BCUT2D eigenvalue weighted by atomic mass is 9.97. The number of Topliss-reactive ketones (excluding diaryl/α,β-unsaturated/α-hetero) is 2. The number of unbranched alkanes of at least 4 members (excludes halogenated alkanes) is 20. The van der Waals surface area contributed by atoms with E-state index in [2.05, 4.69) is 13.8 Å². The molecule has 0 aromatic heterocycles. The van der Waals surface area contributed by atoms with Crippen LogP contribution in [-0.4, -0.2) is 90.1 Å². The lowest BCUT2D eigenvalue weighted by Crippen LogP contribution is -2.36. The minimum Gasteiger partial charge on any atom is -0.481 e. The summed E-state index contributed by atoms with van der Waals surface area (Å²) in [6, 6.07) is -2.31. The quantitative estimate of drug-likeness (QED) is 0.0192. The second-order valence-electron chi connectivity index (χ2n) is 17.0. The van der Waals surface area contributed by atoms with E-state index in [9.17, 15) is 38.2 Å². The molecule has 2 unspecified atom stereocenters. The van der Waals surface area contributed by atoms with Crippen molar-refractivity contribution >= 4 is 43.3 Å².